The molecule has 1 aromatic carbocycles. The smallest absolute Gasteiger partial charge is 0.265 e. The third kappa shape index (κ3) is 4.12. The maximum absolute atomic E-state index is 12.2. The molecule has 6 heteroatoms. The number of rotatable bonds is 4. The molecule has 1 atom stereocenters. The van der Waals surface area contributed by atoms with E-state index in [0.29, 0.717) is 18.0 Å². The Kier molecular flexibility index (Phi) is 4.99. The molecule has 2 heterocycles. The van der Waals surface area contributed by atoms with Crippen molar-refractivity contribution in [2.45, 2.75) is 45.1 Å². The quantitative estimate of drug-likeness (QED) is 0.905. The van der Waals surface area contributed by atoms with Crippen LogP contribution in [0.1, 0.15) is 39.2 Å². The lowest BCUT2D eigenvalue weighted by atomic mass is 9.86. The van der Waals surface area contributed by atoms with E-state index in [1.807, 2.05) is 18.2 Å². The van der Waals surface area contributed by atoms with Gasteiger partial charge in [-0.15, -0.1) is 0 Å². The van der Waals surface area contributed by atoms with E-state index in [1.54, 1.807) is 0 Å². The summed E-state index contributed by atoms with van der Waals surface area (Å²) in [4.78, 5) is 26.0. The van der Waals surface area contributed by atoms with Crippen molar-refractivity contribution in [3.8, 4) is 5.75 Å². The summed E-state index contributed by atoms with van der Waals surface area (Å²) in [5, 5.41) is 2.86. The van der Waals surface area contributed by atoms with Crippen LogP contribution in [0, 0.1) is 0 Å². The van der Waals surface area contributed by atoms with E-state index in [2.05, 4.69) is 26.1 Å². The van der Waals surface area contributed by atoms with E-state index in [1.165, 1.54) is 4.90 Å². The monoisotopic (exact) mass is 346 g/mol. The van der Waals surface area contributed by atoms with Crippen LogP contribution in [0.5, 0.6) is 5.75 Å². The molecular formula is C19H26N2O4. The number of fused-ring (bicyclic) bond motifs is 1. The van der Waals surface area contributed by atoms with Gasteiger partial charge >= 0.3 is 0 Å². The average molecular weight is 346 g/mol. The fourth-order valence-electron chi connectivity index (χ4n) is 3.08. The molecule has 3 rings (SSSR count). The van der Waals surface area contributed by atoms with Gasteiger partial charge in [0.2, 0.25) is 5.91 Å². The molecule has 2 amide bonds. The van der Waals surface area contributed by atoms with Crippen molar-refractivity contribution in [2.24, 2.45) is 0 Å². The molecule has 25 heavy (non-hydrogen) atoms. The minimum absolute atomic E-state index is 0.00320. The minimum atomic E-state index is -0.205. The second kappa shape index (κ2) is 7.04. The SMILES string of the molecule is CC(C)(C)c1ccc2c(c1)OCC(=O)N2CC(=O)NCC1CCCO1. The number of ether oxygens (including phenoxy) is 2. The fraction of sp³-hybridized carbons (Fsp3) is 0.579. The van der Waals surface area contributed by atoms with Crippen LogP contribution in [0.15, 0.2) is 18.2 Å². The first-order valence-electron chi connectivity index (χ1n) is 8.80. The highest BCUT2D eigenvalue weighted by Gasteiger charge is 2.29. The molecule has 0 spiro atoms. The van der Waals surface area contributed by atoms with Gasteiger partial charge in [-0.2, -0.15) is 0 Å². The van der Waals surface area contributed by atoms with Crippen LogP contribution in [-0.4, -0.2) is 44.2 Å². The standard InChI is InChI=1S/C19H26N2O4/c1-19(2,3)13-6-7-15-16(9-13)25-12-18(23)21(15)11-17(22)20-10-14-5-4-8-24-14/h6-7,9,14H,4-5,8,10-12H2,1-3H3,(H,20,22). The Hall–Kier alpha value is -2.08. The topological polar surface area (TPSA) is 67.9 Å². The van der Waals surface area contributed by atoms with Gasteiger partial charge in [-0.3, -0.25) is 14.5 Å². The van der Waals surface area contributed by atoms with Gasteiger partial charge in [0.15, 0.2) is 6.61 Å². The number of benzene rings is 1. The van der Waals surface area contributed by atoms with Crippen LogP contribution in [0.25, 0.3) is 0 Å². The van der Waals surface area contributed by atoms with Crippen LogP contribution in [-0.2, 0) is 19.7 Å². The number of hydrogen-bond donors (Lipinski definition) is 1. The number of hydrogen-bond acceptors (Lipinski definition) is 4. The molecule has 0 aromatic heterocycles. The van der Waals surface area contributed by atoms with Gasteiger partial charge in [0.05, 0.1) is 11.8 Å². The largest absolute Gasteiger partial charge is 0.482 e. The summed E-state index contributed by atoms with van der Waals surface area (Å²) in [6, 6.07) is 5.80. The predicted octanol–water partition coefficient (Wildman–Crippen LogP) is 2.00. The second-order valence-electron chi connectivity index (χ2n) is 7.64. The molecular weight excluding hydrogens is 320 g/mol. The molecule has 1 unspecified atom stereocenters. The van der Waals surface area contributed by atoms with Crippen LogP contribution in [0.3, 0.4) is 0 Å². The van der Waals surface area contributed by atoms with E-state index in [0.717, 1.165) is 25.0 Å². The summed E-state index contributed by atoms with van der Waals surface area (Å²) in [6.45, 7) is 7.58. The lowest BCUT2D eigenvalue weighted by molar-refractivity contribution is -0.125. The molecule has 1 N–H and O–H groups in total. The highest BCUT2D eigenvalue weighted by molar-refractivity contribution is 6.02. The molecule has 0 aliphatic carbocycles. The van der Waals surface area contributed by atoms with E-state index in [9.17, 15) is 9.59 Å². The summed E-state index contributed by atoms with van der Waals surface area (Å²) < 4.78 is 11.1. The van der Waals surface area contributed by atoms with Gasteiger partial charge in [0, 0.05) is 13.2 Å². The van der Waals surface area contributed by atoms with Crippen molar-refractivity contribution in [1.82, 2.24) is 5.32 Å². The number of nitrogens with one attached hydrogen (secondary N) is 1. The molecule has 1 saturated heterocycles. The Morgan fingerprint density at radius 3 is 2.84 bits per heavy atom. The lowest BCUT2D eigenvalue weighted by Gasteiger charge is -2.30. The number of nitrogens with zero attached hydrogens (tertiary/aromatic N) is 1. The van der Waals surface area contributed by atoms with Gasteiger partial charge in [-0.05, 0) is 36.0 Å². The number of anilines is 1. The van der Waals surface area contributed by atoms with Crippen LogP contribution < -0.4 is 15.0 Å². The molecule has 2 aliphatic heterocycles. The zero-order valence-corrected chi connectivity index (χ0v) is 15.1. The lowest BCUT2D eigenvalue weighted by Crippen LogP contribution is -2.46. The molecule has 1 aromatic rings. The van der Waals surface area contributed by atoms with Gasteiger partial charge in [-0.1, -0.05) is 26.8 Å². The molecule has 6 nitrogen and oxygen atoms in total. The van der Waals surface area contributed by atoms with Crippen molar-refractivity contribution < 1.29 is 19.1 Å². The third-order valence-corrected chi connectivity index (χ3v) is 4.62. The van der Waals surface area contributed by atoms with Crippen LogP contribution in [0.4, 0.5) is 5.69 Å². The second-order valence-corrected chi connectivity index (χ2v) is 7.64. The van der Waals surface area contributed by atoms with Crippen molar-refractivity contribution in [3.63, 3.8) is 0 Å². The zero-order valence-electron chi connectivity index (χ0n) is 15.1. The van der Waals surface area contributed by atoms with Gasteiger partial charge in [0.25, 0.3) is 5.91 Å². The first-order chi connectivity index (χ1) is 11.8. The minimum Gasteiger partial charge on any atom is -0.482 e. The molecule has 136 valence electrons. The first kappa shape index (κ1) is 17.7. The van der Waals surface area contributed by atoms with E-state index >= 15 is 0 Å². The van der Waals surface area contributed by atoms with Crippen LogP contribution in [0.2, 0.25) is 0 Å². The maximum atomic E-state index is 12.2. The van der Waals surface area contributed by atoms with Crippen molar-refractivity contribution in [2.75, 3.05) is 31.2 Å². The normalized spacial score (nSPS) is 20.2. The van der Waals surface area contributed by atoms with Gasteiger partial charge < -0.3 is 14.8 Å². The third-order valence-electron chi connectivity index (χ3n) is 4.62. The van der Waals surface area contributed by atoms with E-state index < -0.39 is 0 Å². The summed E-state index contributed by atoms with van der Waals surface area (Å²) in [6.07, 6.45) is 2.09. The van der Waals surface area contributed by atoms with Gasteiger partial charge in [-0.25, -0.2) is 0 Å². The Balaban J connectivity index is 1.69. The Morgan fingerprint density at radius 2 is 2.16 bits per heavy atom. The summed E-state index contributed by atoms with van der Waals surface area (Å²) in [5.41, 5.74) is 1.77. The van der Waals surface area contributed by atoms with Crippen molar-refractivity contribution in [1.29, 1.82) is 0 Å². The Labute approximate surface area is 148 Å². The average Bonchev–Trinajstić information content (AvgIpc) is 3.08. The first-order valence-corrected chi connectivity index (χ1v) is 8.80. The summed E-state index contributed by atoms with van der Waals surface area (Å²) >= 11 is 0. The molecule has 1 fully saturated rings. The predicted molar refractivity (Wildman–Crippen MR) is 95.0 cm³/mol. The molecule has 0 radical (unpaired) electrons. The van der Waals surface area contributed by atoms with Crippen molar-refractivity contribution >= 4 is 17.5 Å². The molecule has 0 saturated carbocycles. The fourth-order valence-corrected chi connectivity index (χ4v) is 3.08. The van der Waals surface area contributed by atoms with Crippen molar-refractivity contribution in [3.05, 3.63) is 23.8 Å². The van der Waals surface area contributed by atoms with E-state index in [4.69, 9.17) is 9.47 Å². The van der Waals surface area contributed by atoms with E-state index in [-0.39, 0.29) is 36.5 Å². The Morgan fingerprint density at radius 1 is 1.36 bits per heavy atom. The molecule has 0 bridgehead atoms. The summed E-state index contributed by atoms with van der Waals surface area (Å²) in [5.74, 6) is 0.263. The Bertz CT molecular complexity index is 660. The highest BCUT2D eigenvalue weighted by atomic mass is 16.5. The van der Waals surface area contributed by atoms with Gasteiger partial charge in [0.1, 0.15) is 12.3 Å². The maximum Gasteiger partial charge on any atom is 0.265 e. The highest BCUT2D eigenvalue weighted by Crippen LogP contribution is 2.36. The summed E-state index contributed by atoms with van der Waals surface area (Å²) in [7, 11) is 0. The zero-order chi connectivity index (χ0) is 18.0. The number of carbonyl (C=O) groups is 2. The molecule has 2 aliphatic rings. The van der Waals surface area contributed by atoms with Crippen LogP contribution >= 0.6 is 0 Å². The number of amides is 2. The number of carbonyl (C=O) groups excluding carboxylic acids is 2.